The Balaban J connectivity index is 0. The molecule has 0 spiro atoms. The van der Waals surface area contributed by atoms with Crippen molar-refractivity contribution in [1.29, 1.82) is 5.26 Å². The van der Waals surface area contributed by atoms with Gasteiger partial charge in [-0.1, -0.05) is 39.0 Å². The van der Waals surface area contributed by atoms with E-state index in [0.29, 0.717) is 6.42 Å². The Morgan fingerprint density at radius 3 is 2.31 bits per heavy atom. The summed E-state index contributed by atoms with van der Waals surface area (Å²) >= 11 is 0. The van der Waals surface area contributed by atoms with Crippen molar-refractivity contribution in [1.82, 2.24) is 0 Å². The second-order valence-corrected chi connectivity index (χ2v) is 3.62. The van der Waals surface area contributed by atoms with Crippen LogP contribution in [0.5, 0.6) is 0 Å². The molecule has 92 valence electrons. The lowest BCUT2D eigenvalue weighted by molar-refractivity contribution is -0.132. The van der Waals surface area contributed by atoms with Crippen LogP contribution < -0.4 is 0 Å². The van der Waals surface area contributed by atoms with Gasteiger partial charge in [0.2, 0.25) is 0 Å². The highest BCUT2D eigenvalue weighted by Gasteiger charge is 2.05. The van der Waals surface area contributed by atoms with Crippen molar-refractivity contribution in [3.8, 4) is 6.07 Å². The van der Waals surface area contributed by atoms with Crippen LogP contribution in [0.3, 0.4) is 0 Å². The average molecular weight is 227 g/mol. The van der Waals surface area contributed by atoms with Gasteiger partial charge < -0.3 is 10.6 Å². The molecule has 0 unspecified atom stereocenters. The van der Waals surface area contributed by atoms with E-state index in [4.69, 9.17) is 10.4 Å². The van der Waals surface area contributed by atoms with Crippen LogP contribution in [0.4, 0.5) is 0 Å². The fraction of sp³-hybridized carbons (Fsp3) is 0.667. The first-order valence-electron chi connectivity index (χ1n) is 5.54. The lowest BCUT2D eigenvalue weighted by Gasteiger charge is -2.01. The van der Waals surface area contributed by atoms with Gasteiger partial charge in [-0.3, -0.25) is 0 Å². The number of allylic oxidation sites excluding steroid dienone is 1. The maximum Gasteiger partial charge on any atom is 0.332 e. The number of carboxylic acids is 1. The van der Waals surface area contributed by atoms with Gasteiger partial charge in [0.25, 0.3) is 0 Å². The summed E-state index contributed by atoms with van der Waals surface area (Å²) in [6.07, 6.45) is 8.41. The first kappa shape index (κ1) is 17.1. The molecule has 0 aromatic heterocycles. The summed E-state index contributed by atoms with van der Waals surface area (Å²) in [5.74, 6) is -0.967. The summed E-state index contributed by atoms with van der Waals surface area (Å²) in [4.78, 5) is 10.6. The predicted molar refractivity (Wildman–Crippen MR) is 62.9 cm³/mol. The number of hydrogen-bond acceptors (Lipinski definition) is 2. The van der Waals surface area contributed by atoms with Crippen LogP contribution in [0, 0.1) is 11.3 Å². The van der Waals surface area contributed by atoms with Crippen molar-refractivity contribution in [3.05, 3.63) is 11.6 Å². The molecule has 0 amide bonds. The number of rotatable bonds is 8. The first-order valence-corrected chi connectivity index (χ1v) is 5.54. The highest BCUT2D eigenvalue weighted by Crippen LogP contribution is 2.11. The molecule has 0 rings (SSSR count). The maximum atomic E-state index is 10.6. The number of unbranched alkanes of at least 4 members (excludes halogenated alkanes) is 5. The molecule has 0 aliphatic rings. The summed E-state index contributed by atoms with van der Waals surface area (Å²) in [6.45, 7) is 2.16. The summed E-state index contributed by atoms with van der Waals surface area (Å²) < 4.78 is 0. The quantitative estimate of drug-likeness (QED) is 0.392. The molecule has 0 atom stereocenters. The third-order valence-corrected chi connectivity index (χ3v) is 2.31. The fourth-order valence-electron chi connectivity index (χ4n) is 1.41. The van der Waals surface area contributed by atoms with Gasteiger partial charge in [0.05, 0.1) is 6.07 Å². The Labute approximate surface area is 96.9 Å². The molecule has 4 heteroatoms. The zero-order valence-electron chi connectivity index (χ0n) is 9.83. The van der Waals surface area contributed by atoms with E-state index in [-0.39, 0.29) is 11.0 Å². The lowest BCUT2D eigenvalue weighted by Crippen LogP contribution is -2.00. The molecule has 0 saturated carbocycles. The minimum absolute atomic E-state index is 0. The van der Waals surface area contributed by atoms with Crippen LogP contribution in [-0.2, 0) is 4.79 Å². The molecule has 0 heterocycles. The molecule has 0 bridgehead atoms. The summed E-state index contributed by atoms with van der Waals surface area (Å²) in [5.41, 5.74) is 0.230. The predicted octanol–water partition coefficient (Wildman–Crippen LogP) is 2.45. The van der Waals surface area contributed by atoms with Crippen LogP contribution in [0.25, 0.3) is 0 Å². The van der Waals surface area contributed by atoms with Crippen molar-refractivity contribution in [2.24, 2.45) is 0 Å². The van der Waals surface area contributed by atoms with Crippen LogP contribution in [0.1, 0.15) is 51.9 Å². The van der Waals surface area contributed by atoms with Crippen molar-refractivity contribution in [2.45, 2.75) is 51.9 Å². The lowest BCUT2D eigenvalue weighted by atomic mass is 10.1. The smallest absolute Gasteiger partial charge is 0.332 e. The van der Waals surface area contributed by atoms with Gasteiger partial charge in [0.15, 0.2) is 0 Å². The van der Waals surface area contributed by atoms with Crippen LogP contribution in [0.2, 0.25) is 0 Å². The van der Waals surface area contributed by atoms with Gasteiger partial charge in [-0.15, -0.1) is 0 Å². The molecule has 0 saturated heterocycles. The van der Waals surface area contributed by atoms with Gasteiger partial charge in [-0.2, -0.15) is 5.26 Å². The number of nitrogens with zero attached hydrogens (tertiary/aromatic N) is 1. The Morgan fingerprint density at radius 1 is 1.25 bits per heavy atom. The van der Waals surface area contributed by atoms with Crippen molar-refractivity contribution in [3.63, 3.8) is 0 Å². The Morgan fingerprint density at radius 2 is 1.81 bits per heavy atom. The minimum Gasteiger partial charge on any atom is -0.478 e. The summed E-state index contributed by atoms with van der Waals surface area (Å²) in [7, 11) is 0. The topological polar surface area (TPSA) is 92.6 Å². The molecule has 3 N–H and O–H groups in total. The van der Waals surface area contributed by atoms with Crippen LogP contribution in [-0.4, -0.2) is 16.6 Å². The largest absolute Gasteiger partial charge is 0.478 e. The van der Waals surface area contributed by atoms with Crippen molar-refractivity contribution < 1.29 is 15.4 Å². The highest BCUT2D eigenvalue weighted by molar-refractivity contribution is 5.87. The number of carboxylic acid groups (broad SMARTS) is 1. The Hall–Kier alpha value is -1.34. The zero-order valence-corrected chi connectivity index (χ0v) is 9.83. The molecule has 16 heavy (non-hydrogen) atoms. The van der Waals surface area contributed by atoms with Gasteiger partial charge in [-0.05, 0) is 12.8 Å². The normalized spacial score (nSPS) is 10.4. The van der Waals surface area contributed by atoms with Gasteiger partial charge in [-0.25, -0.2) is 4.79 Å². The summed E-state index contributed by atoms with van der Waals surface area (Å²) in [6, 6.07) is 1.77. The van der Waals surface area contributed by atoms with E-state index in [2.05, 4.69) is 6.92 Å². The van der Waals surface area contributed by atoms with E-state index < -0.39 is 5.97 Å². The first-order chi connectivity index (χ1) is 7.22. The second-order valence-electron chi connectivity index (χ2n) is 3.62. The summed E-state index contributed by atoms with van der Waals surface area (Å²) in [5, 5.41) is 17.1. The molecule has 0 aromatic carbocycles. The molecule has 0 radical (unpaired) electrons. The molecular weight excluding hydrogens is 206 g/mol. The number of hydrogen-bond donors (Lipinski definition) is 1. The molecule has 0 aromatic rings. The zero-order chi connectivity index (χ0) is 11.5. The van der Waals surface area contributed by atoms with E-state index in [0.717, 1.165) is 25.3 Å². The standard InChI is InChI=1S/C12H19NO2.H2O/c1-2-3-4-5-6-7-8-11(9-10-13)12(14)15;/h9H,2-8H2,1H3,(H,14,15);1H2. The van der Waals surface area contributed by atoms with Gasteiger partial charge >= 0.3 is 5.97 Å². The molecule has 0 aliphatic heterocycles. The molecule has 0 aliphatic carbocycles. The second kappa shape index (κ2) is 11.7. The average Bonchev–Trinajstić information content (AvgIpc) is 2.21. The third-order valence-electron chi connectivity index (χ3n) is 2.31. The number of aliphatic carboxylic acids is 1. The van der Waals surface area contributed by atoms with E-state index >= 15 is 0 Å². The maximum absolute atomic E-state index is 10.6. The SMILES string of the molecule is CCCCCCCCC(=CC#N)C(=O)O.O. The fourth-order valence-corrected chi connectivity index (χ4v) is 1.41. The van der Waals surface area contributed by atoms with Crippen LogP contribution in [0.15, 0.2) is 11.6 Å². The highest BCUT2D eigenvalue weighted by atomic mass is 16.4. The number of carbonyl (C=O) groups is 1. The van der Waals surface area contributed by atoms with E-state index in [1.165, 1.54) is 19.3 Å². The molecular formula is C12H21NO3. The van der Waals surface area contributed by atoms with Crippen molar-refractivity contribution in [2.75, 3.05) is 0 Å². The molecule has 0 fully saturated rings. The number of nitriles is 1. The van der Waals surface area contributed by atoms with E-state index in [9.17, 15) is 4.79 Å². The van der Waals surface area contributed by atoms with Gasteiger partial charge in [0.1, 0.15) is 0 Å². The van der Waals surface area contributed by atoms with Crippen LogP contribution >= 0.6 is 0 Å². The Kier molecular flexibility index (Phi) is 12.5. The minimum atomic E-state index is -0.967. The third kappa shape index (κ3) is 9.22. The Bertz CT molecular complexity index is 253. The van der Waals surface area contributed by atoms with Crippen molar-refractivity contribution >= 4 is 5.97 Å². The monoisotopic (exact) mass is 227 g/mol. The van der Waals surface area contributed by atoms with E-state index in [1.54, 1.807) is 6.07 Å². The van der Waals surface area contributed by atoms with E-state index in [1.807, 2.05) is 0 Å². The van der Waals surface area contributed by atoms with Gasteiger partial charge in [0, 0.05) is 11.6 Å². The molecule has 4 nitrogen and oxygen atoms in total.